The van der Waals surface area contributed by atoms with Gasteiger partial charge in [0, 0.05) is 21.7 Å². The Morgan fingerprint density at radius 2 is 2.19 bits per heavy atom. The van der Waals surface area contributed by atoms with E-state index < -0.39 is 0 Å². The number of aliphatic hydroxyl groups excluding tert-OH is 1. The van der Waals surface area contributed by atoms with Crippen LogP contribution in [-0.2, 0) is 0 Å². The van der Waals surface area contributed by atoms with E-state index >= 15 is 0 Å². The first kappa shape index (κ1) is 14.0. The SMILES string of the molecule is CCCNCC(O)CSc1ccccc1Br. The highest BCUT2D eigenvalue weighted by atomic mass is 79.9. The summed E-state index contributed by atoms with van der Waals surface area (Å²) >= 11 is 5.17. The van der Waals surface area contributed by atoms with Crippen LogP contribution < -0.4 is 5.32 Å². The molecule has 0 aliphatic heterocycles. The Morgan fingerprint density at radius 1 is 1.44 bits per heavy atom. The summed E-state index contributed by atoms with van der Waals surface area (Å²) < 4.78 is 1.09. The normalized spacial score (nSPS) is 12.7. The molecule has 0 aliphatic rings. The fourth-order valence-electron chi connectivity index (χ4n) is 1.25. The fourth-order valence-corrected chi connectivity index (χ4v) is 2.75. The van der Waals surface area contributed by atoms with Gasteiger partial charge in [-0.25, -0.2) is 0 Å². The molecule has 1 atom stereocenters. The van der Waals surface area contributed by atoms with Gasteiger partial charge in [0.25, 0.3) is 0 Å². The van der Waals surface area contributed by atoms with Crippen molar-refractivity contribution < 1.29 is 5.11 Å². The summed E-state index contributed by atoms with van der Waals surface area (Å²) in [5.74, 6) is 0.722. The second-order valence-corrected chi connectivity index (χ2v) is 5.52. The molecule has 1 unspecified atom stereocenters. The van der Waals surface area contributed by atoms with Gasteiger partial charge in [-0.2, -0.15) is 0 Å². The molecule has 1 aromatic carbocycles. The molecule has 16 heavy (non-hydrogen) atoms. The number of hydrogen-bond donors (Lipinski definition) is 2. The molecule has 90 valence electrons. The lowest BCUT2D eigenvalue weighted by Gasteiger charge is -2.11. The Morgan fingerprint density at radius 3 is 2.88 bits per heavy atom. The van der Waals surface area contributed by atoms with E-state index in [9.17, 15) is 5.11 Å². The second kappa shape index (κ2) is 8.12. The standard InChI is InChI=1S/C12H18BrNOS/c1-2-7-14-8-10(15)9-16-12-6-4-3-5-11(12)13/h3-6,10,14-15H,2,7-9H2,1H3. The predicted octanol–water partition coefficient (Wildman–Crippen LogP) is 2.90. The third-order valence-electron chi connectivity index (χ3n) is 2.07. The van der Waals surface area contributed by atoms with Crippen molar-refractivity contribution in [2.45, 2.75) is 24.3 Å². The van der Waals surface area contributed by atoms with E-state index in [-0.39, 0.29) is 6.10 Å². The molecule has 0 heterocycles. The van der Waals surface area contributed by atoms with Crippen LogP contribution in [-0.4, -0.2) is 30.1 Å². The first-order chi connectivity index (χ1) is 7.74. The van der Waals surface area contributed by atoms with Crippen molar-refractivity contribution in [3.63, 3.8) is 0 Å². The molecule has 1 rings (SSSR count). The average molecular weight is 304 g/mol. The van der Waals surface area contributed by atoms with Crippen LogP contribution in [0.1, 0.15) is 13.3 Å². The predicted molar refractivity (Wildman–Crippen MR) is 74.0 cm³/mol. The van der Waals surface area contributed by atoms with E-state index in [0.29, 0.717) is 6.54 Å². The quantitative estimate of drug-likeness (QED) is 0.600. The topological polar surface area (TPSA) is 32.3 Å². The van der Waals surface area contributed by atoms with Gasteiger partial charge in [0.1, 0.15) is 0 Å². The molecule has 4 heteroatoms. The first-order valence-corrected chi connectivity index (χ1v) is 7.28. The van der Waals surface area contributed by atoms with E-state index in [2.05, 4.69) is 34.2 Å². The molecule has 0 fully saturated rings. The molecular weight excluding hydrogens is 286 g/mol. The zero-order valence-electron chi connectivity index (χ0n) is 9.45. The molecular formula is C12H18BrNOS. The van der Waals surface area contributed by atoms with Gasteiger partial charge in [0.05, 0.1) is 6.10 Å². The van der Waals surface area contributed by atoms with E-state index in [0.717, 1.165) is 23.2 Å². The van der Waals surface area contributed by atoms with Gasteiger partial charge in [0.2, 0.25) is 0 Å². The summed E-state index contributed by atoms with van der Waals surface area (Å²) in [7, 11) is 0. The maximum absolute atomic E-state index is 9.73. The van der Waals surface area contributed by atoms with Crippen molar-refractivity contribution >= 4 is 27.7 Å². The number of aliphatic hydroxyl groups is 1. The van der Waals surface area contributed by atoms with Gasteiger partial charge < -0.3 is 10.4 Å². The van der Waals surface area contributed by atoms with Gasteiger partial charge in [-0.3, -0.25) is 0 Å². The van der Waals surface area contributed by atoms with Crippen LogP contribution >= 0.6 is 27.7 Å². The summed E-state index contributed by atoms with van der Waals surface area (Å²) in [6.45, 7) is 3.76. The van der Waals surface area contributed by atoms with Crippen molar-refractivity contribution in [1.29, 1.82) is 0 Å². The molecule has 0 spiro atoms. The number of hydrogen-bond acceptors (Lipinski definition) is 3. The third-order valence-corrected chi connectivity index (χ3v) is 4.25. The highest BCUT2D eigenvalue weighted by molar-refractivity contribution is 9.10. The fraction of sp³-hybridized carbons (Fsp3) is 0.500. The average Bonchev–Trinajstić information content (AvgIpc) is 2.28. The van der Waals surface area contributed by atoms with Crippen molar-refractivity contribution in [2.24, 2.45) is 0 Å². The Hall–Kier alpha value is -0.0300. The minimum absolute atomic E-state index is 0.288. The van der Waals surface area contributed by atoms with Crippen LogP contribution in [0.15, 0.2) is 33.6 Å². The van der Waals surface area contributed by atoms with Crippen LogP contribution in [0.2, 0.25) is 0 Å². The Bertz CT molecular complexity index is 309. The maximum atomic E-state index is 9.73. The number of rotatable bonds is 7. The van der Waals surface area contributed by atoms with Crippen LogP contribution in [0.25, 0.3) is 0 Å². The third kappa shape index (κ3) is 5.34. The van der Waals surface area contributed by atoms with Gasteiger partial charge in [-0.05, 0) is 41.0 Å². The minimum Gasteiger partial charge on any atom is -0.391 e. The van der Waals surface area contributed by atoms with E-state index in [1.165, 1.54) is 4.90 Å². The zero-order valence-corrected chi connectivity index (χ0v) is 11.9. The number of thioether (sulfide) groups is 1. The molecule has 0 amide bonds. The van der Waals surface area contributed by atoms with Crippen LogP contribution in [0.5, 0.6) is 0 Å². The molecule has 0 saturated carbocycles. The zero-order chi connectivity index (χ0) is 11.8. The monoisotopic (exact) mass is 303 g/mol. The smallest absolute Gasteiger partial charge is 0.0758 e. The van der Waals surface area contributed by atoms with Gasteiger partial charge in [0.15, 0.2) is 0 Å². The highest BCUT2D eigenvalue weighted by Crippen LogP contribution is 2.27. The van der Waals surface area contributed by atoms with Crippen molar-refractivity contribution in [2.75, 3.05) is 18.8 Å². The molecule has 0 radical (unpaired) electrons. The van der Waals surface area contributed by atoms with Crippen molar-refractivity contribution in [3.05, 3.63) is 28.7 Å². The molecule has 1 aromatic rings. The molecule has 2 nitrogen and oxygen atoms in total. The summed E-state index contributed by atoms with van der Waals surface area (Å²) in [6, 6.07) is 8.08. The lowest BCUT2D eigenvalue weighted by atomic mass is 10.4. The summed E-state index contributed by atoms with van der Waals surface area (Å²) in [6.07, 6.45) is 0.813. The van der Waals surface area contributed by atoms with Crippen molar-refractivity contribution in [3.8, 4) is 0 Å². The van der Waals surface area contributed by atoms with Crippen LogP contribution in [0, 0.1) is 0 Å². The molecule has 0 aliphatic carbocycles. The molecule has 0 saturated heterocycles. The number of benzene rings is 1. The Labute approximate surface area is 110 Å². The van der Waals surface area contributed by atoms with Gasteiger partial charge >= 0.3 is 0 Å². The van der Waals surface area contributed by atoms with Crippen LogP contribution in [0.3, 0.4) is 0 Å². The maximum Gasteiger partial charge on any atom is 0.0758 e. The lowest BCUT2D eigenvalue weighted by Crippen LogP contribution is -2.28. The van der Waals surface area contributed by atoms with Gasteiger partial charge in [-0.1, -0.05) is 19.1 Å². The Balaban J connectivity index is 2.26. The largest absolute Gasteiger partial charge is 0.391 e. The van der Waals surface area contributed by atoms with Gasteiger partial charge in [-0.15, -0.1) is 11.8 Å². The van der Waals surface area contributed by atoms with Crippen LogP contribution in [0.4, 0.5) is 0 Å². The second-order valence-electron chi connectivity index (χ2n) is 3.60. The summed E-state index contributed by atoms with van der Waals surface area (Å²) in [4.78, 5) is 1.18. The summed E-state index contributed by atoms with van der Waals surface area (Å²) in [5, 5.41) is 12.9. The minimum atomic E-state index is -0.288. The van der Waals surface area contributed by atoms with E-state index in [1.807, 2.05) is 18.2 Å². The van der Waals surface area contributed by atoms with E-state index in [4.69, 9.17) is 0 Å². The molecule has 0 aromatic heterocycles. The highest BCUT2D eigenvalue weighted by Gasteiger charge is 2.05. The lowest BCUT2D eigenvalue weighted by molar-refractivity contribution is 0.196. The summed E-state index contributed by atoms with van der Waals surface area (Å²) in [5.41, 5.74) is 0. The van der Waals surface area contributed by atoms with Crippen molar-refractivity contribution in [1.82, 2.24) is 5.32 Å². The van der Waals surface area contributed by atoms with E-state index in [1.54, 1.807) is 11.8 Å². The number of halogens is 1. The Kier molecular flexibility index (Phi) is 7.12. The number of nitrogens with one attached hydrogen (secondary N) is 1. The molecule has 0 bridgehead atoms. The molecule has 2 N–H and O–H groups in total. The first-order valence-electron chi connectivity index (χ1n) is 5.50.